The van der Waals surface area contributed by atoms with E-state index in [0.717, 1.165) is 48.8 Å². The summed E-state index contributed by atoms with van der Waals surface area (Å²) in [4.78, 5) is 14.6. The molecule has 0 amide bonds. The van der Waals surface area contributed by atoms with Gasteiger partial charge in [0.15, 0.2) is 5.82 Å². The molecule has 5 rings (SSSR count). The van der Waals surface area contributed by atoms with Gasteiger partial charge in [0, 0.05) is 36.6 Å². The van der Waals surface area contributed by atoms with Gasteiger partial charge in [0.25, 0.3) is 0 Å². The summed E-state index contributed by atoms with van der Waals surface area (Å²) in [6, 6.07) is 10.1. The van der Waals surface area contributed by atoms with Crippen molar-refractivity contribution < 1.29 is 18.6 Å². The second-order valence-electron chi connectivity index (χ2n) is 8.14. The van der Waals surface area contributed by atoms with Crippen molar-refractivity contribution in [1.29, 1.82) is 0 Å². The van der Waals surface area contributed by atoms with Crippen molar-refractivity contribution in [2.45, 2.75) is 18.8 Å². The molecule has 0 unspecified atom stereocenters. The Morgan fingerprint density at radius 3 is 2.35 bits per heavy atom. The number of nitrogens with zero attached hydrogens (tertiary/aromatic N) is 3. The molecule has 8 heteroatoms. The van der Waals surface area contributed by atoms with Crippen LogP contribution in [0.1, 0.15) is 19.0 Å². The molecule has 2 aliphatic rings. The number of imidazole rings is 1. The van der Waals surface area contributed by atoms with E-state index in [1.807, 2.05) is 12.1 Å². The number of hydrogen-bond acceptors (Lipinski definition) is 6. The van der Waals surface area contributed by atoms with Gasteiger partial charge in [-0.05, 0) is 43.3 Å². The van der Waals surface area contributed by atoms with Gasteiger partial charge < -0.3 is 19.2 Å². The first-order chi connectivity index (χ1) is 15.1. The standard InChI is InChI=1S/C23H25FN4O3/c1-23(28-10-12-29-13-11-28)14-30-22(31-15-23)21-26-19(16-2-4-18(24)5-3-16)20(27-21)17-6-8-25-9-7-17/h2-9,22H,10-15H2,1H3,(H,26,27). The molecule has 162 valence electrons. The van der Waals surface area contributed by atoms with Gasteiger partial charge >= 0.3 is 0 Å². The summed E-state index contributed by atoms with van der Waals surface area (Å²) in [5, 5.41) is 0. The van der Waals surface area contributed by atoms with Gasteiger partial charge in [-0.3, -0.25) is 9.88 Å². The Balaban J connectivity index is 1.42. The van der Waals surface area contributed by atoms with Crippen LogP contribution in [0.2, 0.25) is 0 Å². The summed E-state index contributed by atoms with van der Waals surface area (Å²) < 4.78 is 31.2. The van der Waals surface area contributed by atoms with Gasteiger partial charge in [-0.25, -0.2) is 9.37 Å². The first kappa shape index (κ1) is 20.3. The molecule has 2 aliphatic heterocycles. The van der Waals surface area contributed by atoms with Crippen molar-refractivity contribution in [2.75, 3.05) is 39.5 Å². The van der Waals surface area contributed by atoms with E-state index in [-0.39, 0.29) is 11.4 Å². The minimum Gasteiger partial charge on any atom is -0.379 e. The Kier molecular flexibility index (Phi) is 5.54. The van der Waals surface area contributed by atoms with Crippen molar-refractivity contribution in [3.8, 4) is 22.5 Å². The lowest BCUT2D eigenvalue weighted by Gasteiger charge is -2.46. The third-order valence-corrected chi connectivity index (χ3v) is 5.90. The molecule has 0 spiro atoms. The van der Waals surface area contributed by atoms with E-state index in [9.17, 15) is 4.39 Å². The molecule has 3 aromatic rings. The zero-order valence-electron chi connectivity index (χ0n) is 17.4. The van der Waals surface area contributed by atoms with Gasteiger partial charge in [0.1, 0.15) is 5.82 Å². The fraction of sp³-hybridized carbons (Fsp3) is 0.391. The summed E-state index contributed by atoms with van der Waals surface area (Å²) in [6.07, 6.45) is 2.86. The van der Waals surface area contributed by atoms with Gasteiger partial charge in [0.05, 0.1) is 43.4 Å². The van der Waals surface area contributed by atoms with Crippen LogP contribution >= 0.6 is 0 Å². The Bertz CT molecular complexity index is 1010. The third-order valence-electron chi connectivity index (χ3n) is 5.90. The molecule has 1 N–H and O–H groups in total. The lowest BCUT2D eigenvalue weighted by molar-refractivity contribution is -0.242. The highest BCUT2D eigenvalue weighted by Gasteiger charge is 2.40. The lowest BCUT2D eigenvalue weighted by atomic mass is 10.0. The maximum atomic E-state index is 13.5. The van der Waals surface area contributed by atoms with E-state index in [0.29, 0.717) is 19.0 Å². The predicted molar refractivity (Wildman–Crippen MR) is 113 cm³/mol. The largest absolute Gasteiger partial charge is 0.379 e. The van der Waals surface area contributed by atoms with Crippen LogP contribution in [0, 0.1) is 5.82 Å². The van der Waals surface area contributed by atoms with Gasteiger partial charge in [0.2, 0.25) is 6.29 Å². The zero-order chi connectivity index (χ0) is 21.3. The Morgan fingerprint density at radius 1 is 1.00 bits per heavy atom. The van der Waals surface area contributed by atoms with E-state index >= 15 is 0 Å². The SMILES string of the molecule is CC1(N2CCOCC2)COC(c2nc(-c3ccc(F)cc3)c(-c3ccncc3)[nH]2)OC1. The summed E-state index contributed by atoms with van der Waals surface area (Å²) >= 11 is 0. The Hall–Kier alpha value is -2.65. The first-order valence-electron chi connectivity index (χ1n) is 10.4. The highest BCUT2D eigenvalue weighted by atomic mass is 19.1. The van der Waals surface area contributed by atoms with Crippen molar-refractivity contribution in [1.82, 2.24) is 19.9 Å². The molecule has 7 nitrogen and oxygen atoms in total. The normalized spacial score (nSPS) is 24.9. The number of hydrogen-bond donors (Lipinski definition) is 1. The quantitative estimate of drug-likeness (QED) is 0.692. The molecule has 4 heterocycles. The second-order valence-corrected chi connectivity index (χ2v) is 8.14. The molecule has 1 aromatic carbocycles. The molecule has 2 aromatic heterocycles. The molecule has 0 bridgehead atoms. The Labute approximate surface area is 180 Å². The summed E-state index contributed by atoms with van der Waals surface area (Å²) in [5.41, 5.74) is 3.08. The highest BCUT2D eigenvalue weighted by Crippen LogP contribution is 2.35. The molecule has 0 aliphatic carbocycles. The number of aromatic amines is 1. The molecule has 31 heavy (non-hydrogen) atoms. The second kappa shape index (κ2) is 8.47. The number of halogens is 1. The maximum absolute atomic E-state index is 13.5. The Morgan fingerprint density at radius 2 is 1.68 bits per heavy atom. The number of H-pyrrole nitrogens is 1. The fourth-order valence-electron chi connectivity index (χ4n) is 4.09. The number of morpholine rings is 1. The van der Waals surface area contributed by atoms with Crippen LogP contribution in [0.5, 0.6) is 0 Å². The average molecular weight is 424 g/mol. The number of pyridine rings is 1. The molecule has 0 atom stereocenters. The van der Waals surface area contributed by atoms with E-state index in [2.05, 4.69) is 21.8 Å². The molecule has 0 radical (unpaired) electrons. The van der Waals surface area contributed by atoms with Crippen LogP contribution in [0.25, 0.3) is 22.5 Å². The van der Waals surface area contributed by atoms with Crippen molar-refractivity contribution >= 4 is 0 Å². The van der Waals surface area contributed by atoms with Crippen molar-refractivity contribution in [3.05, 3.63) is 60.4 Å². The number of benzene rings is 1. The van der Waals surface area contributed by atoms with Gasteiger partial charge in [-0.1, -0.05) is 0 Å². The van der Waals surface area contributed by atoms with Crippen molar-refractivity contribution in [2.24, 2.45) is 0 Å². The minimum absolute atomic E-state index is 0.194. The van der Waals surface area contributed by atoms with Crippen LogP contribution in [0.4, 0.5) is 4.39 Å². The molecular weight excluding hydrogens is 399 g/mol. The number of ether oxygens (including phenoxy) is 3. The van der Waals surface area contributed by atoms with Crippen LogP contribution in [-0.4, -0.2) is 64.9 Å². The maximum Gasteiger partial charge on any atom is 0.217 e. The molecule has 2 fully saturated rings. The first-order valence-corrected chi connectivity index (χ1v) is 10.4. The smallest absolute Gasteiger partial charge is 0.217 e. The number of rotatable bonds is 4. The van der Waals surface area contributed by atoms with Gasteiger partial charge in [-0.15, -0.1) is 0 Å². The molecule has 0 saturated carbocycles. The van der Waals surface area contributed by atoms with Crippen LogP contribution in [0.3, 0.4) is 0 Å². The highest BCUT2D eigenvalue weighted by molar-refractivity contribution is 5.78. The number of nitrogens with one attached hydrogen (secondary N) is 1. The van der Waals surface area contributed by atoms with Crippen LogP contribution in [-0.2, 0) is 14.2 Å². The average Bonchev–Trinajstić information content (AvgIpc) is 3.27. The summed E-state index contributed by atoms with van der Waals surface area (Å²) in [7, 11) is 0. The molecular formula is C23H25FN4O3. The van der Waals surface area contributed by atoms with Crippen LogP contribution in [0.15, 0.2) is 48.8 Å². The lowest BCUT2D eigenvalue weighted by Crippen LogP contribution is -2.59. The molecule has 2 saturated heterocycles. The topological polar surface area (TPSA) is 72.5 Å². The van der Waals surface area contributed by atoms with Gasteiger partial charge in [-0.2, -0.15) is 0 Å². The fourth-order valence-corrected chi connectivity index (χ4v) is 4.09. The van der Waals surface area contributed by atoms with E-state index in [1.54, 1.807) is 24.5 Å². The summed E-state index contributed by atoms with van der Waals surface area (Å²) in [5.74, 6) is 0.307. The summed E-state index contributed by atoms with van der Waals surface area (Å²) in [6.45, 7) is 6.43. The monoisotopic (exact) mass is 424 g/mol. The van der Waals surface area contributed by atoms with E-state index < -0.39 is 6.29 Å². The minimum atomic E-state index is -0.594. The predicted octanol–water partition coefficient (Wildman–Crippen LogP) is 3.41. The third kappa shape index (κ3) is 4.12. The van der Waals surface area contributed by atoms with Crippen LogP contribution < -0.4 is 0 Å². The van der Waals surface area contributed by atoms with E-state index in [4.69, 9.17) is 19.2 Å². The number of aromatic nitrogens is 3. The van der Waals surface area contributed by atoms with Crippen molar-refractivity contribution in [3.63, 3.8) is 0 Å². The van der Waals surface area contributed by atoms with E-state index in [1.165, 1.54) is 12.1 Å². The zero-order valence-corrected chi connectivity index (χ0v) is 17.4.